The van der Waals surface area contributed by atoms with Crippen LogP contribution in [0, 0.1) is 0 Å². The Balaban J connectivity index is 2.85. The number of hydrogen-bond donors (Lipinski definition) is 2. The summed E-state index contributed by atoms with van der Waals surface area (Å²) < 4.78 is 10.6. The smallest absolute Gasteiger partial charge is 0.203 e. The molecule has 17 heavy (non-hydrogen) atoms. The van der Waals surface area contributed by atoms with Crippen LogP contribution in [0.5, 0.6) is 17.2 Å². The number of unbranched alkanes of at least 4 members (excludes halogenated alkanes) is 1. The maximum atomic E-state index is 9.83. The maximum absolute atomic E-state index is 9.83. The van der Waals surface area contributed by atoms with E-state index in [4.69, 9.17) is 15.2 Å². The van der Waals surface area contributed by atoms with Gasteiger partial charge in [-0.3, -0.25) is 0 Å². The van der Waals surface area contributed by atoms with Gasteiger partial charge in [0.2, 0.25) is 5.75 Å². The Hall–Kier alpha value is -1.42. The summed E-state index contributed by atoms with van der Waals surface area (Å²) >= 11 is 0. The van der Waals surface area contributed by atoms with Crippen LogP contribution in [-0.4, -0.2) is 25.4 Å². The fraction of sp³-hybridized carbons (Fsp3) is 0.538. The molecule has 3 N–H and O–H groups in total. The first-order chi connectivity index (χ1) is 8.22. The minimum absolute atomic E-state index is 0.126. The number of methoxy groups -OCH3 is 1. The average Bonchev–Trinajstić information content (AvgIpc) is 2.30. The highest BCUT2D eigenvalue weighted by atomic mass is 16.5. The van der Waals surface area contributed by atoms with Gasteiger partial charge < -0.3 is 20.3 Å². The molecule has 4 heteroatoms. The van der Waals surface area contributed by atoms with Gasteiger partial charge in [-0.1, -0.05) is 0 Å². The molecule has 0 aliphatic heterocycles. The van der Waals surface area contributed by atoms with Crippen LogP contribution in [0.3, 0.4) is 0 Å². The van der Waals surface area contributed by atoms with Gasteiger partial charge in [0, 0.05) is 0 Å². The highest BCUT2D eigenvalue weighted by molar-refractivity contribution is 5.53. The van der Waals surface area contributed by atoms with Gasteiger partial charge in [-0.25, -0.2) is 0 Å². The van der Waals surface area contributed by atoms with E-state index < -0.39 is 0 Å². The number of phenolic OH excluding ortho intramolecular Hbond substituents is 1. The van der Waals surface area contributed by atoms with E-state index in [-0.39, 0.29) is 5.75 Å². The van der Waals surface area contributed by atoms with Crippen LogP contribution in [0.4, 0.5) is 0 Å². The summed E-state index contributed by atoms with van der Waals surface area (Å²) in [5, 5.41) is 9.83. The second-order valence-electron chi connectivity index (χ2n) is 3.83. The van der Waals surface area contributed by atoms with Crippen LogP contribution in [0.15, 0.2) is 12.1 Å². The lowest BCUT2D eigenvalue weighted by atomic mass is 10.1. The lowest BCUT2D eigenvalue weighted by Gasteiger charge is -2.12. The fourth-order valence-corrected chi connectivity index (χ4v) is 1.73. The van der Waals surface area contributed by atoms with Crippen molar-refractivity contribution in [3.8, 4) is 17.2 Å². The van der Waals surface area contributed by atoms with Gasteiger partial charge in [-0.05, 0) is 50.4 Å². The van der Waals surface area contributed by atoms with Gasteiger partial charge in [0.1, 0.15) is 0 Å². The second kappa shape index (κ2) is 7.01. The Morgan fingerprint density at radius 3 is 2.65 bits per heavy atom. The minimum atomic E-state index is 0.126. The molecule has 0 saturated heterocycles. The Morgan fingerprint density at radius 2 is 2.06 bits per heavy atom. The Bertz CT molecular complexity index is 353. The molecule has 4 nitrogen and oxygen atoms in total. The summed E-state index contributed by atoms with van der Waals surface area (Å²) in [6.45, 7) is 3.14. The predicted octanol–water partition coefficient (Wildman–Crippen LogP) is 2.08. The summed E-state index contributed by atoms with van der Waals surface area (Å²) in [6.07, 6.45) is 2.87. The van der Waals surface area contributed by atoms with Crippen molar-refractivity contribution < 1.29 is 14.6 Å². The molecule has 0 fully saturated rings. The first-order valence-corrected chi connectivity index (χ1v) is 5.95. The quantitative estimate of drug-likeness (QED) is 0.715. The minimum Gasteiger partial charge on any atom is -0.504 e. The van der Waals surface area contributed by atoms with E-state index in [0.717, 1.165) is 24.8 Å². The van der Waals surface area contributed by atoms with Crippen molar-refractivity contribution in [3.05, 3.63) is 17.7 Å². The van der Waals surface area contributed by atoms with Crippen molar-refractivity contribution in [3.63, 3.8) is 0 Å². The van der Waals surface area contributed by atoms with Crippen molar-refractivity contribution in [2.24, 2.45) is 5.73 Å². The van der Waals surface area contributed by atoms with Gasteiger partial charge in [0.15, 0.2) is 11.5 Å². The van der Waals surface area contributed by atoms with Gasteiger partial charge in [0.25, 0.3) is 0 Å². The Morgan fingerprint density at radius 1 is 1.29 bits per heavy atom. The van der Waals surface area contributed by atoms with E-state index in [9.17, 15) is 5.11 Å². The third-order valence-corrected chi connectivity index (χ3v) is 2.52. The molecular weight excluding hydrogens is 218 g/mol. The number of ether oxygens (including phenoxy) is 2. The molecule has 0 aromatic heterocycles. The summed E-state index contributed by atoms with van der Waals surface area (Å²) in [5.41, 5.74) is 6.49. The van der Waals surface area contributed by atoms with Crippen molar-refractivity contribution >= 4 is 0 Å². The van der Waals surface area contributed by atoms with E-state index in [1.165, 1.54) is 7.11 Å². The maximum Gasteiger partial charge on any atom is 0.203 e. The number of rotatable bonds is 7. The molecule has 0 spiro atoms. The number of phenols is 1. The number of benzene rings is 1. The topological polar surface area (TPSA) is 64.7 Å². The molecule has 0 bridgehead atoms. The lowest BCUT2D eigenvalue weighted by Crippen LogP contribution is -2.00. The van der Waals surface area contributed by atoms with Gasteiger partial charge >= 0.3 is 0 Å². The van der Waals surface area contributed by atoms with Crippen molar-refractivity contribution in [2.75, 3.05) is 20.3 Å². The number of nitrogens with two attached hydrogens (primary N) is 1. The van der Waals surface area contributed by atoms with Crippen molar-refractivity contribution in [2.45, 2.75) is 26.2 Å². The molecule has 1 aromatic rings. The number of aryl methyl sites for hydroxylation is 1. The molecule has 0 aliphatic carbocycles. The van der Waals surface area contributed by atoms with Gasteiger partial charge in [-0.15, -0.1) is 0 Å². The molecule has 0 aliphatic rings. The van der Waals surface area contributed by atoms with Crippen LogP contribution >= 0.6 is 0 Å². The molecular formula is C13H21NO3. The van der Waals surface area contributed by atoms with Gasteiger partial charge in [-0.2, -0.15) is 0 Å². The fourth-order valence-electron chi connectivity index (χ4n) is 1.73. The first-order valence-electron chi connectivity index (χ1n) is 5.95. The van der Waals surface area contributed by atoms with Crippen molar-refractivity contribution in [1.82, 2.24) is 0 Å². The van der Waals surface area contributed by atoms with Crippen LogP contribution in [0.2, 0.25) is 0 Å². The Kier molecular flexibility index (Phi) is 5.63. The van der Waals surface area contributed by atoms with E-state index >= 15 is 0 Å². The molecule has 0 heterocycles. The standard InChI is InChI=1S/C13H21NO3/c1-3-17-12-9-10(6-4-5-7-14)8-11(15)13(12)16-2/h8-9,15H,3-7,14H2,1-2H3. The molecule has 0 atom stereocenters. The summed E-state index contributed by atoms with van der Waals surface area (Å²) in [6, 6.07) is 3.64. The van der Waals surface area contributed by atoms with Crippen molar-refractivity contribution in [1.29, 1.82) is 0 Å². The average molecular weight is 239 g/mol. The third kappa shape index (κ3) is 3.82. The van der Waals surface area contributed by atoms with Crippen LogP contribution < -0.4 is 15.2 Å². The van der Waals surface area contributed by atoms with Crippen LogP contribution in [0.1, 0.15) is 25.3 Å². The molecule has 0 saturated carbocycles. The van der Waals surface area contributed by atoms with Gasteiger partial charge in [0.05, 0.1) is 13.7 Å². The monoisotopic (exact) mass is 239 g/mol. The summed E-state index contributed by atoms with van der Waals surface area (Å²) in [4.78, 5) is 0. The number of aromatic hydroxyl groups is 1. The molecule has 0 unspecified atom stereocenters. The Labute approximate surface area is 102 Å². The molecule has 1 rings (SSSR count). The first kappa shape index (κ1) is 13.6. The van der Waals surface area contributed by atoms with Crippen LogP contribution in [-0.2, 0) is 6.42 Å². The molecule has 0 radical (unpaired) electrons. The highest BCUT2D eigenvalue weighted by Gasteiger charge is 2.11. The lowest BCUT2D eigenvalue weighted by molar-refractivity contribution is 0.300. The third-order valence-electron chi connectivity index (χ3n) is 2.52. The zero-order valence-corrected chi connectivity index (χ0v) is 10.5. The zero-order chi connectivity index (χ0) is 12.7. The van der Waals surface area contributed by atoms with E-state index in [1.807, 2.05) is 13.0 Å². The number of hydrogen-bond acceptors (Lipinski definition) is 4. The van der Waals surface area contributed by atoms with E-state index in [1.54, 1.807) is 6.07 Å². The van der Waals surface area contributed by atoms with E-state index in [2.05, 4.69) is 0 Å². The SMILES string of the molecule is CCOc1cc(CCCCN)cc(O)c1OC. The summed E-state index contributed by atoms with van der Waals surface area (Å²) in [5.74, 6) is 1.12. The predicted molar refractivity (Wildman–Crippen MR) is 67.8 cm³/mol. The van der Waals surface area contributed by atoms with E-state index in [0.29, 0.717) is 24.7 Å². The normalized spacial score (nSPS) is 10.3. The highest BCUT2D eigenvalue weighted by Crippen LogP contribution is 2.37. The molecule has 1 aromatic carbocycles. The summed E-state index contributed by atoms with van der Waals surface area (Å²) in [7, 11) is 1.52. The zero-order valence-electron chi connectivity index (χ0n) is 10.5. The second-order valence-corrected chi connectivity index (χ2v) is 3.83. The molecule has 0 amide bonds. The largest absolute Gasteiger partial charge is 0.504 e. The van der Waals surface area contributed by atoms with Crippen LogP contribution in [0.25, 0.3) is 0 Å². The molecule has 96 valence electrons.